The van der Waals surface area contributed by atoms with Crippen LogP contribution >= 0.6 is 22.6 Å². The zero-order chi connectivity index (χ0) is 12.3. The Morgan fingerprint density at radius 2 is 2.53 bits per heavy atom. The molecule has 0 amide bonds. The van der Waals surface area contributed by atoms with E-state index in [4.69, 9.17) is 9.47 Å². The number of carbonyl (C=O) groups excluding carboxylic acids is 1. The Hall–Kier alpha value is -0.960. The monoisotopic (exact) mass is 349 g/mol. The summed E-state index contributed by atoms with van der Waals surface area (Å²) >= 11 is 2.15. The molecular weight excluding hydrogens is 337 g/mol. The quantitative estimate of drug-likeness (QED) is 0.571. The van der Waals surface area contributed by atoms with E-state index in [9.17, 15) is 4.79 Å². The second-order valence-electron chi connectivity index (χ2n) is 3.50. The van der Waals surface area contributed by atoms with Gasteiger partial charge in [-0.05, 0) is 22.6 Å². The van der Waals surface area contributed by atoms with Crippen LogP contribution in [-0.4, -0.2) is 48.8 Å². The standard InChI is InChI=1S/C10H12IN3O3/c1-16-10(15)8-5-17-3-2-14(8)9-7(11)4-12-6-13-9/h4,6,8H,2-3,5H2,1H3. The zero-order valence-corrected chi connectivity index (χ0v) is 11.5. The van der Waals surface area contributed by atoms with E-state index < -0.39 is 6.04 Å². The van der Waals surface area contributed by atoms with Gasteiger partial charge < -0.3 is 14.4 Å². The molecule has 2 rings (SSSR count). The molecule has 7 heteroatoms. The molecule has 0 spiro atoms. The number of rotatable bonds is 2. The largest absolute Gasteiger partial charge is 0.467 e. The van der Waals surface area contributed by atoms with E-state index in [0.29, 0.717) is 19.8 Å². The molecule has 92 valence electrons. The van der Waals surface area contributed by atoms with Crippen molar-refractivity contribution in [3.05, 3.63) is 16.1 Å². The van der Waals surface area contributed by atoms with Crippen molar-refractivity contribution in [3.63, 3.8) is 0 Å². The molecule has 1 aliphatic rings. The highest BCUT2D eigenvalue weighted by molar-refractivity contribution is 14.1. The van der Waals surface area contributed by atoms with Gasteiger partial charge in [0.15, 0.2) is 6.04 Å². The Morgan fingerprint density at radius 3 is 3.24 bits per heavy atom. The molecule has 1 atom stereocenters. The number of esters is 1. The minimum atomic E-state index is -0.433. The second kappa shape index (κ2) is 5.58. The third kappa shape index (κ3) is 2.65. The van der Waals surface area contributed by atoms with Crippen LogP contribution in [0, 0.1) is 3.57 Å². The molecule has 0 aromatic carbocycles. The number of carbonyl (C=O) groups is 1. The lowest BCUT2D eigenvalue weighted by atomic mass is 10.2. The SMILES string of the molecule is COC(=O)C1COCCN1c1ncncc1I. The van der Waals surface area contributed by atoms with Gasteiger partial charge in [0.25, 0.3) is 0 Å². The van der Waals surface area contributed by atoms with Gasteiger partial charge in [-0.15, -0.1) is 0 Å². The second-order valence-corrected chi connectivity index (χ2v) is 4.66. The van der Waals surface area contributed by atoms with E-state index >= 15 is 0 Å². The Morgan fingerprint density at radius 1 is 1.71 bits per heavy atom. The average Bonchev–Trinajstić information content (AvgIpc) is 2.38. The molecule has 2 heterocycles. The van der Waals surface area contributed by atoms with Crippen LogP contribution in [-0.2, 0) is 14.3 Å². The number of nitrogens with zero attached hydrogens (tertiary/aromatic N) is 3. The smallest absolute Gasteiger partial charge is 0.330 e. The Bertz CT molecular complexity index is 416. The molecule has 1 saturated heterocycles. The van der Waals surface area contributed by atoms with Gasteiger partial charge in [0.2, 0.25) is 0 Å². The average molecular weight is 349 g/mol. The maximum atomic E-state index is 11.7. The topological polar surface area (TPSA) is 64.6 Å². The molecule has 1 fully saturated rings. The highest BCUT2D eigenvalue weighted by Crippen LogP contribution is 2.22. The first-order valence-electron chi connectivity index (χ1n) is 5.11. The first kappa shape index (κ1) is 12.5. The molecule has 0 saturated carbocycles. The van der Waals surface area contributed by atoms with Crippen LogP contribution in [0.2, 0.25) is 0 Å². The van der Waals surface area contributed by atoms with E-state index in [1.165, 1.54) is 13.4 Å². The summed E-state index contributed by atoms with van der Waals surface area (Å²) < 4.78 is 11.0. The molecule has 1 aliphatic heterocycles. The summed E-state index contributed by atoms with van der Waals surface area (Å²) in [6.07, 6.45) is 3.19. The summed E-state index contributed by atoms with van der Waals surface area (Å²) in [5, 5.41) is 0. The number of hydrogen-bond donors (Lipinski definition) is 0. The number of aromatic nitrogens is 2. The first-order chi connectivity index (χ1) is 8.24. The van der Waals surface area contributed by atoms with Gasteiger partial charge >= 0.3 is 5.97 Å². The van der Waals surface area contributed by atoms with Gasteiger partial charge in [-0.25, -0.2) is 14.8 Å². The molecular formula is C10H12IN3O3. The van der Waals surface area contributed by atoms with Crippen LogP contribution in [0.3, 0.4) is 0 Å². The lowest BCUT2D eigenvalue weighted by Gasteiger charge is -2.34. The van der Waals surface area contributed by atoms with Crippen molar-refractivity contribution in [1.82, 2.24) is 9.97 Å². The van der Waals surface area contributed by atoms with Crippen molar-refractivity contribution in [1.29, 1.82) is 0 Å². The van der Waals surface area contributed by atoms with E-state index in [1.807, 2.05) is 4.90 Å². The van der Waals surface area contributed by atoms with Crippen LogP contribution in [0.1, 0.15) is 0 Å². The summed E-state index contributed by atoms with van der Waals surface area (Å²) in [5.41, 5.74) is 0. The molecule has 0 N–H and O–H groups in total. The van der Waals surface area contributed by atoms with E-state index in [2.05, 4.69) is 32.6 Å². The summed E-state index contributed by atoms with van der Waals surface area (Å²) in [6, 6.07) is -0.433. The highest BCUT2D eigenvalue weighted by Gasteiger charge is 2.32. The molecule has 6 nitrogen and oxygen atoms in total. The fourth-order valence-electron chi connectivity index (χ4n) is 1.71. The minimum absolute atomic E-state index is 0.306. The minimum Gasteiger partial charge on any atom is -0.467 e. The van der Waals surface area contributed by atoms with Crippen LogP contribution in [0.4, 0.5) is 5.82 Å². The Balaban J connectivity index is 2.28. The van der Waals surface area contributed by atoms with Crippen molar-refractivity contribution in [2.24, 2.45) is 0 Å². The third-order valence-electron chi connectivity index (χ3n) is 2.52. The zero-order valence-electron chi connectivity index (χ0n) is 9.30. The first-order valence-corrected chi connectivity index (χ1v) is 6.19. The molecule has 0 bridgehead atoms. The van der Waals surface area contributed by atoms with E-state index in [0.717, 1.165) is 9.39 Å². The number of methoxy groups -OCH3 is 1. The molecule has 1 unspecified atom stereocenters. The molecule has 0 aliphatic carbocycles. The Kier molecular flexibility index (Phi) is 4.11. The molecule has 17 heavy (non-hydrogen) atoms. The summed E-state index contributed by atoms with van der Waals surface area (Å²) in [5.74, 6) is 0.443. The molecule has 1 aromatic heterocycles. The number of anilines is 1. The third-order valence-corrected chi connectivity index (χ3v) is 3.28. The van der Waals surface area contributed by atoms with Crippen molar-refractivity contribution in [3.8, 4) is 0 Å². The lowest BCUT2D eigenvalue weighted by Crippen LogP contribution is -2.51. The lowest BCUT2D eigenvalue weighted by molar-refractivity contribution is -0.144. The predicted molar refractivity (Wildman–Crippen MR) is 68.7 cm³/mol. The maximum Gasteiger partial charge on any atom is 0.330 e. The van der Waals surface area contributed by atoms with Gasteiger partial charge in [-0.3, -0.25) is 0 Å². The van der Waals surface area contributed by atoms with Crippen LogP contribution in [0.5, 0.6) is 0 Å². The van der Waals surface area contributed by atoms with E-state index in [-0.39, 0.29) is 5.97 Å². The molecule has 0 radical (unpaired) electrons. The summed E-state index contributed by atoms with van der Waals surface area (Å²) in [7, 11) is 1.38. The fourth-order valence-corrected chi connectivity index (χ4v) is 2.32. The highest BCUT2D eigenvalue weighted by atomic mass is 127. The molecule has 1 aromatic rings. The van der Waals surface area contributed by atoms with Gasteiger partial charge in [-0.2, -0.15) is 0 Å². The summed E-state index contributed by atoms with van der Waals surface area (Å²) in [4.78, 5) is 21.7. The van der Waals surface area contributed by atoms with Gasteiger partial charge in [0.1, 0.15) is 12.1 Å². The number of ether oxygens (including phenoxy) is 2. The van der Waals surface area contributed by atoms with Crippen molar-refractivity contribution < 1.29 is 14.3 Å². The van der Waals surface area contributed by atoms with E-state index in [1.54, 1.807) is 6.20 Å². The van der Waals surface area contributed by atoms with Gasteiger partial charge in [0.05, 0.1) is 23.9 Å². The van der Waals surface area contributed by atoms with Crippen molar-refractivity contribution >= 4 is 34.4 Å². The number of hydrogen-bond acceptors (Lipinski definition) is 6. The summed E-state index contributed by atoms with van der Waals surface area (Å²) in [6.45, 7) is 1.52. The number of morpholine rings is 1. The Labute approximate surface area is 112 Å². The fraction of sp³-hybridized carbons (Fsp3) is 0.500. The van der Waals surface area contributed by atoms with Gasteiger partial charge in [-0.1, -0.05) is 0 Å². The van der Waals surface area contributed by atoms with Crippen molar-refractivity contribution in [2.75, 3.05) is 31.8 Å². The van der Waals surface area contributed by atoms with Gasteiger partial charge in [0, 0.05) is 12.7 Å². The number of halogens is 1. The van der Waals surface area contributed by atoms with Crippen LogP contribution < -0.4 is 4.90 Å². The van der Waals surface area contributed by atoms with Crippen LogP contribution in [0.25, 0.3) is 0 Å². The van der Waals surface area contributed by atoms with Crippen LogP contribution in [0.15, 0.2) is 12.5 Å². The van der Waals surface area contributed by atoms with Crippen molar-refractivity contribution in [2.45, 2.75) is 6.04 Å². The predicted octanol–water partition coefficient (Wildman–Crippen LogP) is 0.459. The maximum absolute atomic E-state index is 11.7. The normalized spacial score (nSPS) is 20.1.